The predicted molar refractivity (Wildman–Crippen MR) is 72.9 cm³/mol. The fourth-order valence-electron chi connectivity index (χ4n) is 1.35. The first-order valence-electron chi connectivity index (χ1n) is 5.95. The fourth-order valence-corrected chi connectivity index (χ4v) is 2.36. The Kier molecular flexibility index (Phi) is 5.84. The first-order valence-corrected chi connectivity index (χ1v) is 7.10. The second-order valence-electron chi connectivity index (χ2n) is 4.73. The van der Waals surface area contributed by atoms with Crippen LogP contribution in [0.5, 0.6) is 0 Å². The van der Waals surface area contributed by atoms with Gasteiger partial charge in [-0.1, -0.05) is 5.16 Å². The van der Waals surface area contributed by atoms with E-state index < -0.39 is 5.60 Å². The van der Waals surface area contributed by atoms with Crippen molar-refractivity contribution in [3.05, 3.63) is 17.0 Å². The van der Waals surface area contributed by atoms with Crippen molar-refractivity contribution in [3.63, 3.8) is 0 Å². The molecular formula is C12H20N2O4S. The largest absolute Gasteiger partial charge is 0.393 e. The standard InChI is InChI=1S/C12H20N2O4S/c1-8-10(9(2)18-14-8)4-19-5-11(16)13-6-12(3,17)7-15/h15,17H,4-7H2,1-3H3,(H,13,16). The third-order valence-electron chi connectivity index (χ3n) is 2.67. The van der Waals surface area contributed by atoms with E-state index >= 15 is 0 Å². The van der Waals surface area contributed by atoms with Crippen LogP contribution in [0.1, 0.15) is 23.9 Å². The number of aliphatic hydroxyl groups is 2. The molecule has 0 saturated heterocycles. The molecule has 108 valence electrons. The van der Waals surface area contributed by atoms with Crippen LogP contribution in [0.4, 0.5) is 0 Å². The van der Waals surface area contributed by atoms with E-state index in [0.29, 0.717) is 5.75 Å². The zero-order chi connectivity index (χ0) is 14.5. The maximum Gasteiger partial charge on any atom is 0.230 e. The summed E-state index contributed by atoms with van der Waals surface area (Å²) in [4.78, 5) is 11.5. The van der Waals surface area contributed by atoms with E-state index in [2.05, 4.69) is 10.5 Å². The minimum Gasteiger partial charge on any atom is -0.393 e. The number of carbonyl (C=O) groups excluding carboxylic acids is 1. The van der Waals surface area contributed by atoms with Gasteiger partial charge in [-0.25, -0.2) is 0 Å². The summed E-state index contributed by atoms with van der Waals surface area (Å²) in [7, 11) is 0. The molecule has 1 aromatic rings. The number of nitrogens with zero attached hydrogens (tertiary/aromatic N) is 1. The van der Waals surface area contributed by atoms with Gasteiger partial charge in [0.05, 0.1) is 18.1 Å². The second-order valence-corrected chi connectivity index (χ2v) is 5.71. The molecule has 1 aromatic heterocycles. The molecule has 0 fully saturated rings. The van der Waals surface area contributed by atoms with E-state index in [-0.39, 0.29) is 24.8 Å². The summed E-state index contributed by atoms with van der Waals surface area (Å²) in [5.41, 5.74) is 0.580. The lowest BCUT2D eigenvalue weighted by molar-refractivity contribution is -0.120. The minimum absolute atomic E-state index is 0.0359. The first-order chi connectivity index (χ1) is 8.85. The number of amides is 1. The number of aromatic nitrogens is 1. The molecule has 1 unspecified atom stereocenters. The number of rotatable bonds is 7. The molecule has 0 spiro atoms. The van der Waals surface area contributed by atoms with Crippen molar-refractivity contribution in [1.82, 2.24) is 10.5 Å². The first kappa shape index (κ1) is 16.0. The van der Waals surface area contributed by atoms with Gasteiger partial charge in [0.15, 0.2) is 0 Å². The van der Waals surface area contributed by atoms with Crippen LogP contribution in [-0.2, 0) is 10.5 Å². The van der Waals surface area contributed by atoms with Crippen LogP contribution in [0.2, 0.25) is 0 Å². The van der Waals surface area contributed by atoms with Crippen LogP contribution in [0.3, 0.4) is 0 Å². The number of nitrogens with one attached hydrogen (secondary N) is 1. The summed E-state index contributed by atoms with van der Waals surface area (Å²) < 4.78 is 5.03. The van der Waals surface area contributed by atoms with Gasteiger partial charge in [-0.05, 0) is 20.8 Å². The number of hydrogen-bond acceptors (Lipinski definition) is 6. The number of aliphatic hydroxyl groups excluding tert-OH is 1. The Morgan fingerprint density at radius 3 is 2.74 bits per heavy atom. The Labute approximate surface area is 116 Å². The lowest BCUT2D eigenvalue weighted by atomic mass is 10.1. The average Bonchev–Trinajstić information content (AvgIpc) is 2.68. The van der Waals surface area contributed by atoms with Gasteiger partial charge in [0.25, 0.3) is 0 Å². The zero-order valence-corrected chi connectivity index (χ0v) is 12.2. The number of carbonyl (C=O) groups is 1. The Bertz CT molecular complexity index is 412. The third-order valence-corrected chi connectivity index (χ3v) is 3.63. The van der Waals surface area contributed by atoms with Crippen LogP contribution in [-0.4, -0.2) is 45.8 Å². The topological polar surface area (TPSA) is 95.6 Å². The van der Waals surface area contributed by atoms with E-state index in [4.69, 9.17) is 9.63 Å². The Hall–Kier alpha value is -1.05. The van der Waals surface area contributed by atoms with Crippen molar-refractivity contribution in [2.75, 3.05) is 18.9 Å². The molecule has 1 heterocycles. The van der Waals surface area contributed by atoms with Crippen molar-refractivity contribution < 1.29 is 19.5 Å². The van der Waals surface area contributed by atoms with Crippen LogP contribution in [0.15, 0.2) is 4.52 Å². The van der Waals surface area contributed by atoms with Crippen LogP contribution >= 0.6 is 11.8 Å². The molecule has 6 nitrogen and oxygen atoms in total. The molecule has 0 bridgehead atoms. The molecule has 1 amide bonds. The monoisotopic (exact) mass is 288 g/mol. The van der Waals surface area contributed by atoms with Crippen LogP contribution in [0.25, 0.3) is 0 Å². The van der Waals surface area contributed by atoms with Crippen molar-refractivity contribution in [2.24, 2.45) is 0 Å². The molecule has 1 rings (SSSR count). The summed E-state index contributed by atoms with van der Waals surface area (Å²) in [6.07, 6.45) is 0. The highest BCUT2D eigenvalue weighted by atomic mass is 32.2. The van der Waals surface area contributed by atoms with Gasteiger partial charge in [0.2, 0.25) is 5.91 Å². The summed E-state index contributed by atoms with van der Waals surface area (Å²) in [5.74, 6) is 1.54. The maximum absolute atomic E-state index is 11.5. The number of thioether (sulfide) groups is 1. The number of hydrogen-bond donors (Lipinski definition) is 3. The van der Waals surface area contributed by atoms with E-state index in [1.807, 2.05) is 13.8 Å². The molecule has 0 saturated carbocycles. The smallest absolute Gasteiger partial charge is 0.230 e. The molecule has 7 heteroatoms. The molecule has 0 aliphatic heterocycles. The molecule has 0 radical (unpaired) electrons. The van der Waals surface area contributed by atoms with Crippen molar-refractivity contribution in [1.29, 1.82) is 0 Å². The Balaban J connectivity index is 2.28. The van der Waals surface area contributed by atoms with E-state index in [9.17, 15) is 9.90 Å². The van der Waals surface area contributed by atoms with E-state index in [1.54, 1.807) is 0 Å². The molecule has 3 N–H and O–H groups in total. The van der Waals surface area contributed by atoms with Crippen LogP contribution < -0.4 is 5.32 Å². The van der Waals surface area contributed by atoms with Crippen molar-refractivity contribution >= 4 is 17.7 Å². The summed E-state index contributed by atoms with van der Waals surface area (Å²) >= 11 is 1.45. The van der Waals surface area contributed by atoms with Crippen molar-refractivity contribution in [2.45, 2.75) is 32.1 Å². The minimum atomic E-state index is -1.28. The maximum atomic E-state index is 11.5. The molecule has 0 aliphatic rings. The zero-order valence-electron chi connectivity index (χ0n) is 11.4. The van der Waals surface area contributed by atoms with Gasteiger partial charge >= 0.3 is 0 Å². The molecule has 0 aliphatic carbocycles. The predicted octanol–water partition coefficient (Wildman–Crippen LogP) is 0.384. The molecule has 1 atom stereocenters. The van der Waals surface area contributed by atoms with E-state index in [0.717, 1.165) is 17.0 Å². The molecular weight excluding hydrogens is 268 g/mol. The lowest BCUT2D eigenvalue weighted by Crippen LogP contribution is -2.43. The van der Waals surface area contributed by atoms with Gasteiger partial charge in [-0.2, -0.15) is 0 Å². The van der Waals surface area contributed by atoms with Gasteiger partial charge in [0, 0.05) is 17.9 Å². The highest BCUT2D eigenvalue weighted by Gasteiger charge is 2.19. The third kappa shape index (κ3) is 5.22. The van der Waals surface area contributed by atoms with Gasteiger partial charge in [0.1, 0.15) is 11.4 Å². The highest BCUT2D eigenvalue weighted by Crippen LogP contribution is 2.19. The van der Waals surface area contributed by atoms with Crippen molar-refractivity contribution in [3.8, 4) is 0 Å². The molecule has 0 aromatic carbocycles. The van der Waals surface area contributed by atoms with Crippen LogP contribution in [0, 0.1) is 13.8 Å². The lowest BCUT2D eigenvalue weighted by Gasteiger charge is -2.20. The van der Waals surface area contributed by atoms with Gasteiger partial charge < -0.3 is 20.1 Å². The molecule has 19 heavy (non-hydrogen) atoms. The van der Waals surface area contributed by atoms with Gasteiger partial charge in [-0.3, -0.25) is 4.79 Å². The normalized spacial score (nSPS) is 14.2. The average molecular weight is 288 g/mol. The quantitative estimate of drug-likeness (QED) is 0.671. The summed E-state index contributed by atoms with van der Waals surface area (Å²) in [6.45, 7) is 4.82. The second kappa shape index (κ2) is 6.93. The summed E-state index contributed by atoms with van der Waals surface area (Å²) in [5, 5.41) is 24.8. The van der Waals surface area contributed by atoms with E-state index in [1.165, 1.54) is 18.7 Å². The Morgan fingerprint density at radius 1 is 1.53 bits per heavy atom. The highest BCUT2D eigenvalue weighted by molar-refractivity contribution is 7.99. The SMILES string of the molecule is Cc1noc(C)c1CSCC(=O)NCC(C)(O)CO. The summed E-state index contributed by atoms with van der Waals surface area (Å²) in [6, 6.07) is 0. The number of aryl methyl sites for hydroxylation is 2. The van der Waals surface area contributed by atoms with Gasteiger partial charge in [-0.15, -0.1) is 11.8 Å². The Morgan fingerprint density at radius 2 is 2.21 bits per heavy atom. The fraction of sp³-hybridized carbons (Fsp3) is 0.667.